The number of esters is 1. The monoisotopic (exact) mass is 448 g/mol. The molecule has 1 heterocycles. The topological polar surface area (TPSA) is 70.4 Å². The third-order valence-corrected chi connectivity index (χ3v) is 7.55. The van der Waals surface area contributed by atoms with Crippen LogP contribution in [0.15, 0.2) is 58.3 Å². The SMILES string of the molecule is CC1(C)C[C@@H]2C[C@@](C)(CN2C(=O)COC(=O)c2ccccc2Sc2ccccc2C#N)C1. The average Bonchev–Trinajstić information content (AvgIpc) is 3.01. The van der Waals surface area contributed by atoms with Crippen LogP contribution in [0.1, 0.15) is 56.0 Å². The van der Waals surface area contributed by atoms with E-state index in [1.54, 1.807) is 18.2 Å². The van der Waals surface area contributed by atoms with Crippen molar-refractivity contribution in [2.75, 3.05) is 13.2 Å². The van der Waals surface area contributed by atoms with E-state index in [0.29, 0.717) is 16.0 Å². The molecule has 0 radical (unpaired) electrons. The normalized spacial score (nSPS) is 23.4. The summed E-state index contributed by atoms with van der Waals surface area (Å²) in [5, 5.41) is 9.34. The van der Waals surface area contributed by atoms with Gasteiger partial charge in [-0.1, -0.05) is 56.8 Å². The van der Waals surface area contributed by atoms with E-state index in [4.69, 9.17) is 4.74 Å². The standard InChI is InChI=1S/C26H28N2O3S/c1-25(2)12-19-13-26(3,16-25)17-28(19)23(29)15-31-24(30)20-9-5-7-11-22(20)32-21-10-6-4-8-18(21)14-27/h4-11,19H,12-13,15-17H2,1-3H3/t19-,26-/m1/s1. The van der Waals surface area contributed by atoms with Crippen molar-refractivity contribution in [2.24, 2.45) is 10.8 Å². The molecule has 1 aliphatic heterocycles. The minimum atomic E-state index is -0.524. The number of carbonyl (C=O) groups excluding carboxylic acids is 2. The van der Waals surface area contributed by atoms with E-state index in [1.807, 2.05) is 35.2 Å². The van der Waals surface area contributed by atoms with Crippen LogP contribution < -0.4 is 0 Å². The number of hydrogen-bond donors (Lipinski definition) is 0. The summed E-state index contributed by atoms with van der Waals surface area (Å²) in [6.45, 7) is 7.27. The van der Waals surface area contributed by atoms with E-state index in [0.717, 1.165) is 30.7 Å². The summed E-state index contributed by atoms with van der Waals surface area (Å²) >= 11 is 1.35. The zero-order valence-electron chi connectivity index (χ0n) is 18.8. The van der Waals surface area contributed by atoms with Gasteiger partial charge in [-0.2, -0.15) is 5.26 Å². The zero-order valence-corrected chi connectivity index (χ0v) is 19.6. The molecule has 0 unspecified atom stereocenters. The lowest BCUT2D eigenvalue weighted by Crippen LogP contribution is -2.39. The smallest absolute Gasteiger partial charge is 0.339 e. The summed E-state index contributed by atoms with van der Waals surface area (Å²) in [4.78, 5) is 29.2. The molecule has 0 aromatic heterocycles. The van der Waals surface area contributed by atoms with Gasteiger partial charge in [0.1, 0.15) is 6.07 Å². The fourth-order valence-corrected chi connectivity index (χ4v) is 6.55. The molecule has 5 nitrogen and oxygen atoms in total. The van der Waals surface area contributed by atoms with Crippen LogP contribution in [-0.2, 0) is 9.53 Å². The highest BCUT2D eigenvalue weighted by Crippen LogP contribution is 2.52. The molecule has 0 N–H and O–H groups in total. The molecule has 4 rings (SSSR count). The Labute approximate surface area is 193 Å². The fraction of sp³-hybridized carbons (Fsp3) is 0.423. The minimum absolute atomic E-state index is 0.121. The molecule has 0 spiro atoms. The van der Waals surface area contributed by atoms with Gasteiger partial charge in [0.25, 0.3) is 5.91 Å². The Kier molecular flexibility index (Phi) is 6.05. The van der Waals surface area contributed by atoms with Gasteiger partial charge in [0, 0.05) is 22.4 Å². The summed E-state index contributed by atoms with van der Waals surface area (Å²) in [5.41, 5.74) is 1.31. The highest BCUT2D eigenvalue weighted by atomic mass is 32.2. The first kappa shape index (κ1) is 22.4. The quantitative estimate of drug-likeness (QED) is 0.581. The highest BCUT2D eigenvalue weighted by Gasteiger charge is 2.50. The number of amides is 1. The Bertz CT molecular complexity index is 1090. The number of likely N-dealkylation sites (tertiary alicyclic amines) is 1. The molecule has 32 heavy (non-hydrogen) atoms. The maximum absolute atomic E-state index is 12.9. The largest absolute Gasteiger partial charge is 0.452 e. The van der Waals surface area contributed by atoms with Crippen molar-refractivity contribution in [2.45, 2.75) is 55.9 Å². The van der Waals surface area contributed by atoms with Crippen LogP contribution in [0.3, 0.4) is 0 Å². The van der Waals surface area contributed by atoms with Gasteiger partial charge < -0.3 is 9.64 Å². The van der Waals surface area contributed by atoms with E-state index >= 15 is 0 Å². The number of carbonyl (C=O) groups is 2. The number of rotatable bonds is 5. The Morgan fingerprint density at radius 3 is 2.53 bits per heavy atom. The molecule has 1 amide bonds. The van der Waals surface area contributed by atoms with E-state index in [2.05, 4.69) is 26.8 Å². The van der Waals surface area contributed by atoms with Gasteiger partial charge >= 0.3 is 5.97 Å². The molecule has 2 aliphatic rings. The molecular formula is C26H28N2O3S. The maximum atomic E-state index is 12.9. The van der Waals surface area contributed by atoms with Crippen LogP contribution in [0.25, 0.3) is 0 Å². The first-order valence-corrected chi connectivity index (χ1v) is 11.7. The van der Waals surface area contributed by atoms with Crippen LogP contribution >= 0.6 is 11.8 Å². The van der Waals surface area contributed by atoms with Gasteiger partial charge in [0.15, 0.2) is 6.61 Å². The number of fused-ring (bicyclic) bond motifs is 2. The van der Waals surface area contributed by atoms with Gasteiger partial charge in [-0.25, -0.2) is 4.79 Å². The van der Waals surface area contributed by atoms with Crippen molar-refractivity contribution in [3.63, 3.8) is 0 Å². The molecule has 1 aliphatic carbocycles. The summed E-state index contributed by atoms with van der Waals surface area (Å²) < 4.78 is 5.46. The minimum Gasteiger partial charge on any atom is -0.452 e. The zero-order chi connectivity index (χ0) is 22.9. The van der Waals surface area contributed by atoms with E-state index in [9.17, 15) is 14.9 Å². The molecule has 2 bridgehead atoms. The third-order valence-electron chi connectivity index (χ3n) is 6.40. The Hall–Kier alpha value is -2.78. The van der Waals surface area contributed by atoms with Crippen molar-refractivity contribution in [3.8, 4) is 6.07 Å². The number of nitriles is 1. The molecule has 2 aromatic carbocycles. The Morgan fingerprint density at radius 1 is 1.09 bits per heavy atom. The fourth-order valence-electron chi connectivity index (χ4n) is 5.53. The number of benzene rings is 2. The summed E-state index contributed by atoms with van der Waals surface area (Å²) in [6.07, 6.45) is 3.11. The van der Waals surface area contributed by atoms with Crippen molar-refractivity contribution in [1.29, 1.82) is 5.26 Å². The first-order valence-electron chi connectivity index (χ1n) is 10.9. The maximum Gasteiger partial charge on any atom is 0.339 e. The Morgan fingerprint density at radius 2 is 1.78 bits per heavy atom. The molecular weight excluding hydrogens is 420 g/mol. The molecule has 6 heteroatoms. The van der Waals surface area contributed by atoms with Crippen LogP contribution in [-0.4, -0.2) is 36.0 Å². The second-order valence-electron chi connectivity index (χ2n) is 10.0. The number of nitrogens with zero attached hydrogens (tertiary/aromatic N) is 2. The van der Waals surface area contributed by atoms with E-state index < -0.39 is 5.97 Å². The predicted molar refractivity (Wildman–Crippen MR) is 123 cm³/mol. The lowest BCUT2D eigenvalue weighted by Gasteiger charge is -2.39. The molecule has 1 saturated carbocycles. The van der Waals surface area contributed by atoms with Gasteiger partial charge in [0.2, 0.25) is 0 Å². The third kappa shape index (κ3) is 4.68. The number of ether oxygens (including phenoxy) is 1. The van der Waals surface area contributed by atoms with Crippen LogP contribution in [0.5, 0.6) is 0 Å². The van der Waals surface area contributed by atoms with Gasteiger partial charge in [-0.05, 0) is 54.4 Å². The molecule has 2 fully saturated rings. The number of hydrogen-bond acceptors (Lipinski definition) is 5. The molecule has 2 atom stereocenters. The van der Waals surface area contributed by atoms with Gasteiger partial charge in [-0.15, -0.1) is 0 Å². The van der Waals surface area contributed by atoms with E-state index in [-0.39, 0.29) is 29.4 Å². The van der Waals surface area contributed by atoms with Gasteiger partial charge in [-0.3, -0.25) is 4.79 Å². The van der Waals surface area contributed by atoms with Crippen LogP contribution in [0.4, 0.5) is 0 Å². The van der Waals surface area contributed by atoms with E-state index in [1.165, 1.54) is 11.8 Å². The van der Waals surface area contributed by atoms with Crippen molar-refractivity contribution < 1.29 is 14.3 Å². The Balaban J connectivity index is 1.43. The van der Waals surface area contributed by atoms with Crippen molar-refractivity contribution >= 4 is 23.6 Å². The summed E-state index contributed by atoms with van der Waals surface area (Å²) in [7, 11) is 0. The van der Waals surface area contributed by atoms with Crippen LogP contribution in [0.2, 0.25) is 0 Å². The second-order valence-corrected chi connectivity index (χ2v) is 11.1. The second kappa shape index (κ2) is 8.63. The van der Waals surface area contributed by atoms with Crippen molar-refractivity contribution in [3.05, 3.63) is 59.7 Å². The highest BCUT2D eigenvalue weighted by molar-refractivity contribution is 7.99. The average molecular weight is 449 g/mol. The van der Waals surface area contributed by atoms with Crippen molar-refractivity contribution in [1.82, 2.24) is 4.90 Å². The molecule has 1 saturated heterocycles. The lowest BCUT2D eigenvalue weighted by atomic mass is 9.65. The summed E-state index contributed by atoms with van der Waals surface area (Å²) in [6, 6.07) is 16.8. The molecule has 166 valence electrons. The first-order chi connectivity index (χ1) is 15.2. The molecule has 2 aromatic rings. The predicted octanol–water partition coefficient (Wildman–Crippen LogP) is 5.29. The summed E-state index contributed by atoms with van der Waals surface area (Å²) in [5.74, 6) is -0.644. The van der Waals surface area contributed by atoms with Crippen LogP contribution in [0, 0.1) is 22.2 Å². The van der Waals surface area contributed by atoms with Gasteiger partial charge in [0.05, 0.1) is 11.1 Å². The lowest BCUT2D eigenvalue weighted by molar-refractivity contribution is -0.135.